The van der Waals surface area contributed by atoms with Gasteiger partial charge in [-0.05, 0) is 5.41 Å². The number of hydrogen-bond donors (Lipinski definition) is 0. The van der Waals surface area contributed by atoms with E-state index < -0.39 is 0 Å². The summed E-state index contributed by atoms with van der Waals surface area (Å²) in [6.07, 6.45) is 0.533. The summed E-state index contributed by atoms with van der Waals surface area (Å²) in [7, 11) is 1.36. The molecular weight excluding hydrogens is 212 g/mol. The van der Waals surface area contributed by atoms with E-state index in [1.165, 1.54) is 18.9 Å². The van der Waals surface area contributed by atoms with Gasteiger partial charge in [-0.25, -0.2) is 0 Å². The van der Waals surface area contributed by atoms with E-state index in [2.05, 4.69) is 4.74 Å². The van der Waals surface area contributed by atoms with Gasteiger partial charge in [0.1, 0.15) is 0 Å². The van der Waals surface area contributed by atoms with Gasteiger partial charge in [0.25, 0.3) is 0 Å². The topological polar surface area (TPSA) is 43.4 Å². The predicted octanol–water partition coefficient (Wildman–Crippen LogP) is 2.49. The largest absolute Gasteiger partial charge is 0.469 e. The van der Waals surface area contributed by atoms with E-state index in [1.54, 1.807) is 6.92 Å². The molecule has 0 bridgehead atoms. The first-order chi connectivity index (χ1) is 6.76. The fraction of sp³-hybridized carbons (Fsp3) is 0.818. The zero-order valence-corrected chi connectivity index (χ0v) is 10.9. The van der Waals surface area contributed by atoms with Gasteiger partial charge in [0, 0.05) is 12.2 Å². The number of rotatable bonds is 4. The quantitative estimate of drug-likeness (QED) is 0.698. The van der Waals surface area contributed by atoms with Crippen molar-refractivity contribution in [2.45, 2.75) is 34.1 Å². The van der Waals surface area contributed by atoms with Crippen molar-refractivity contribution >= 4 is 22.8 Å². The van der Waals surface area contributed by atoms with E-state index in [0.717, 1.165) is 0 Å². The van der Waals surface area contributed by atoms with Crippen LogP contribution in [0.2, 0.25) is 0 Å². The Morgan fingerprint density at radius 2 is 1.87 bits per heavy atom. The normalized spacial score (nSPS) is 13.4. The van der Waals surface area contributed by atoms with Crippen LogP contribution in [0.15, 0.2) is 0 Å². The van der Waals surface area contributed by atoms with Crippen LogP contribution in [0, 0.1) is 11.3 Å². The molecule has 0 aromatic rings. The zero-order valence-electron chi connectivity index (χ0n) is 10.1. The average molecular weight is 232 g/mol. The monoisotopic (exact) mass is 232 g/mol. The molecule has 3 nitrogen and oxygen atoms in total. The van der Waals surface area contributed by atoms with Crippen LogP contribution in [0.3, 0.4) is 0 Å². The summed E-state index contributed by atoms with van der Waals surface area (Å²) in [5.74, 6) is 0.0247. The molecule has 1 unspecified atom stereocenters. The van der Waals surface area contributed by atoms with Gasteiger partial charge >= 0.3 is 5.97 Å². The number of hydrogen-bond acceptors (Lipinski definition) is 4. The maximum atomic E-state index is 11.5. The van der Waals surface area contributed by atoms with Gasteiger partial charge in [-0.1, -0.05) is 39.5 Å². The van der Waals surface area contributed by atoms with Crippen molar-refractivity contribution in [3.63, 3.8) is 0 Å². The Bertz CT molecular complexity index is 230. The second kappa shape index (κ2) is 6.16. The maximum absolute atomic E-state index is 11.5. The van der Waals surface area contributed by atoms with Crippen LogP contribution in [0.25, 0.3) is 0 Å². The Balaban J connectivity index is 3.86. The van der Waals surface area contributed by atoms with E-state index in [-0.39, 0.29) is 22.4 Å². The molecule has 0 N–H and O–H groups in total. The average Bonchev–Trinajstić information content (AvgIpc) is 2.10. The highest BCUT2D eigenvalue weighted by Gasteiger charge is 2.19. The number of methoxy groups -OCH3 is 1. The maximum Gasteiger partial charge on any atom is 0.309 e. The smallest absolute Gasteiger partial charge is 0.309 e. The van der Waals surface area contributed by atoms with Crippen LogP contribution >= 0.6 is 11.8 Å². The highest BCUT2D eigenvalue weighted by atomic mass is 32.2. The van der Waals surface area contributed by atoms with Crippen LogP contribution in [-0.4, -0.2) is 23.9 Å². The van der Waals surface area contributed by atoms with Crippen molar-refractivity contribution in [3.05, 3.63) is 0 Å². The lowest BCUT2D eigenvalue weighted by atomic mass is 9.93. The highest BCUT2D eigenvalue weighted by molar-refractivity contribution is 8.13. The first-order valence-corrected chi connectivity index (χ1v) is 5.98. The van der Waals surface area contributed by atoms with Gasteiger partial charge < -0.3 is 4.74 Å². The molecule has 0 amide bonds. The number of thioether (sulfide) groups is 1. The van der Waals surface area contributed by atoms with Crippen LogP contribution < -0.4 is 0 Å². The molecule has 0 rings (SSSR count). The zero-order chi connectivity index (χ0) is 12.1. The molecule has 0 fully saturated rings. The SMILES string of the molecule is COC(=O)C(C)CSC(=O)CC(C)(C)C. The summed E-state index contributed by atoms with van der Waals surface area (Å²) in [5, 5.41) is 0.137. The fourth-order valence-electron chi connectivity index (χ4n) is 0.971. The molecule has 0 aromatic carbocycles. The van der Waals surface area contributed by atoms with E-state index in [0.29, 0.717) is 12.2 Å². The highest BCUT2D eigenvalue weighted by Crippen LogP contribution is 2.23. The van der Waals surface area contributed by atoms with E-state index >= 15 is 0 Å². The van der Waals surface area contributed by atoms with Gasteiger partial charge in [-0.15, -0.1) is 0 Å². The Hall–Kier alpha value is -0.510. The predicted molar refractivity (Wildman–Crippen MR) is 62.7 cm³/mol. The molecule has 0 aliphatic carbocycles. The first-order valence-electron chi connectivity index (χ1n) is 4.99. The summed E-state index contributed by atoms with van der Waals surface area (Å²) in [5.41, 5.74) is 0.0125. The molecule has 0 spiro atoms. The van der Waals surface area contributed by atoms with Crippen molar-refractivity contribution in [2.75, 3.05) is 12.9 Å². The minimum absolute atomic E-state index is 0.0125. The molecule has 88 valence electrons. The summed E-state index contributed by atoms with van der Waals surface area (Å²) in [6, 6.07) is 0. The second-order valence-corrected chi connectivity index (χ2v) is 5.92. The fourth-order valence-corrected chi connectivity index (χ4v) is 2.08. The van der Waals surface area contributed by atoms with Gasteiger partial charge in [0.15, 0.2) is 5.12 Å². The van der Waals surface area contributed by atoms with Crippen molar-refractivity contribution in [2.24, 2.45) is 11.3 Å². The Morgan fingerprint density at radius 3 is 2.27 bits per heavy atom. The lowest BCUT2D eigenvalue weighted by Gasteiger charge is -2.16. The molecule has 0 aliphatic rings. The molecular formula is C11H20O3S. The van der Waals surface area contributed by atoms with Crippen LogP contribution in [-0.2, 0) is 14.3 Å². The van der Waals surface area contributed by atoms with Crippen LogP contribution in [0.1, 0.15) is 34.1 Å². The Labute approximate surface area is 95.9 Å². The molecule has 0 aliphatic heterocycles. The van der Waals surface area contributed by atoms with Gasteiger partial charge in [-0.2, -0.15) is 0 Å². The molecule has 4 heteroatoms. The first kappa shape index (κ1) is 14.5. The Kier molecular flexibility index (Phi) is 5.95. The van der Waals surface area contributed by atoms with Crippen LogP contribution in [0.4, 0.5) is 0 Å². The molecule has 0 radical (unpaired) electrons. The lowest BCUT2D eigenvalue weighted by Crippen LogP contribution is -2.17. The minimum Gasteiger partial charge on any atom is -0.469 e. The minimum atomic E-state index is -0.258. The third kappa shape index (κ3) is 7.42. The standard InChI is InChI=1S/C11H20O3S/c1-8(10(13)14-5)7-15-9(12)6-11(2,3)4/h8H,6-7H2,1-5H3. The van der Waals surface area contributed by atoms with E-state index in [1.807, 2.05) is 20.8 Å². The summed E-state index contributed by atoms with van der Waals surface area (Å²) in [4.78, 5) is 22.5. The lowest BCUT2D eigenvalue weighted by molar-refractivity contribution is -0.143. The molecule has 0 aromatic heterocycles. The third-order valence-corrected chi connectivity index (χ3v) is 2.91. The summed E-state index contributed by atoms with van der Waals surface area (Å²) >= 11 is 1.22. The number of esters is 1. The van der Waals surface area contributed by atoms with Gasteiger partial charge in [0.05, 0.1) is 13.0 Å². The third-order valence-electron chi connectivity index (χ3n) is 1.77. The van der Waals surface area contributed by atoms with Crippen molar-refractivity contribution in [1.82, 2.24) is 0 Å². The molecule has 0 heterocycles. The summed E-state index contributed by atoms with van der Waals surface area (Å²) < 4.78 is 4.58. The number of carbonyl (C=O) groups excluding carboxylic acids is 2. The number of ether oxygens (including phenoxy) is 1. The molecule has 0 saturated carbocycles. The van der Waals surface area contributed by atoms with Crippen molar-refractivity contribution < 1.29 is 14.3 Å². The van der Waals surface area contributed by atoms with Crippen molar-refractivity contribution in [3.8, 4) is 0 Å². The van der Waals surface area contributed by atoms with E-state index in [9.17, 15) is 9.59 Å². The van der Waals surface area contributed by atoms with E-state index in [4.69, 9.17) is 0 Å². The molecule has 1 atom stereocenters. The van der Waals surface area contributed by atoms with Gasteiger partial charge in [-0.3, -0.25) is 9.59 Å². The van der Waals surface area contributed by atoms with Gasteiger partial charge in [0.2, 0.25) is 0 Å². The number of carbonyl (C=O) groups is 2. The second-order valence-electron chi connectivity index (χ2n) is 4.84. The van der Waals surface area contributed by atoms with Crippen molar-refractivity contribution in [1.29, 1.82) is 0 Å². The Morgan fingerprint density at radius 1 is 1.33 bits per heavy atom. The molecule has 0 saturated heterocycles. The summed E-state index contributed by atoms with van der Waals surface area (Å²) in [6.45, 7) is 7.84. The van der Waals surface area contributed by atoms with Crippen LogP contribution in [0.5, 0.6) is 0 Å². The molecule has 15 heavy (non-hydrogen) atoms.